The molecule has 1 aliphatic carbocycles. The molecule has 1 saturated carbocycles. The summed E-state index contributed by atoms with van der Waals surface area (Å²) in [6.07, 6.45) is 6.31. The number of halogens is 1. The molecule has 4 nitrogen and oxygen atoms in total. The maximum absolute atomic E-state index is 12.2. The first kappa shape index (κ1) is 13.5. The van der Waals surface area contributed by atoms with E-state index in [1.165, 1.54) is 6.26 Å². The fourth-order valence-electron chi connectivity index (χ4n) is 2.33. The van der Waals surface area contributed by atoms with Gasteiger partial charge in [-0.1, -0.05) is 31.5 Å². The van der Waals surface area contributed by atoms with E-state index in [4.69, 9.17) is 22.4 Å². The molecule has 0 atom stereocenters. The van der Waals surface area contributed by atoms with E-state index in [1.807, 2.05) is 0 Å². The maximum atomic E-state index is 12.2. The van der Waals surface area contributed by atoms with Gasteiger partial charge in [-0.3, -0.25) is 4.79 Å². The molecule has 1 aliphatic rings. The molecule has 0 aliphatic heterocycles. The van der Waals surface area contributed by atoms with Crippen molar-refractivity contribution in [2.24, 2.45) is 5.73 Å². The van der Waals surface area contributed by atoms with Crippen LogP contribution in [0.1, 0.15) is 42.5 Å². The van der Waals surface area contributed by atoms with Crippen molar-refractivity contribution in [3.8, 4) is 0 Å². The second-order valence-electron chi connectivity index (χ2n) is 4.57. The van der Waals surface area contributed by atoms with Gasteiger partial charge in [0.2, 0.25) is 0 Å². The van der Waals surface area contributed by atoms with Crippen LogP contribution in [0, 0.1) is 0 Å². The largest absolute Gasteiger partial charge is 0.457 e. The Bertz CT molecular complexity index is 466. The topological polar surface area (TPSA) is 68.3 Å². The van der Waals surface area contributed by atoms with Gasteiger partial charge in [-0.25, -0.2) is 0 Å². The second-order valence-corrected chi connectivity index (χ2v) is 5.73. The third-order valence-corrected chi connectivity index (χ3v) is 4.40. The number of amides is 1. The molecular formula is C12H15BrN2O2S. The van der Waals surface area contributed by atoms with E-state index in [0.717, 1.165) is 32.1 Å². The van der Waals surface area contributed by atoms with E-state index in [0.29, 0.717) is 15.2 Å². The fourth-order valence-corrected chi connectivity index (χ4v) is 3.00. The number of furan rings is 1. The minimum atomic E-state index is -0.540. The van der Waals surface area contributed by atoms with E-state index < -0.39 is 5.54 Å². The molecule has 0 unspecified atom stereocenters. The number of rotatable bonds is 3. The molecule has 1 amide bonds. The van der Waals surface area contributed by atoms with Crippen LogP contribution in [-0.4, -0.2) is 16.4 Å². The molecule has 1 fully saturated rings. The Kier molecular flexibility index (Phi) is 4.07. The number of carbonyl (C=O) groups is 1. The molecule has 1 aromatic rings. The Morgan fingerprint density at radius 3 is 2.61 bits per heavy atom. The van der Waals surface area contributed by atoms with Crippen LogP contribution in [0.25, 0.3) is 0 Å². The van der Waals surface area contributed by atoms with Crippen molar-refractivity contribution in [3.05, 3.63) is 22.6 Å². The molecule has 1 heterocycles. The van der Waals surface area contributed by atoms with Crippen LogP contribution in [-0.2, 0) is 0 Å². The van der Waals surface area contributed by atoms with Crippen molar-refractivity contribution in [2.75, 3.05) is 0 Å². The lowest BCUT2D eigenvalue weighted by molar-refractivity contribution is 0.0906. The molecule has 0 saturated heterocycles. The van der Waals surface area contributed by atoms with Gasteiger partial charge < -0.3 is 15.5 Å². The van der Waals surface area contributed by atoms with Crippen LogP contribution >= 0.6 is 28.1 Å². The summed E-state index contributed by atoms with van der Waals surface area (Å²) in [6.45, 7) is 0. The predicted molar refractivity (Wildman–Crippen MR) is 76.5 cm³/mol. The fraction of sp³-hybridized carbons (Fsp3) is 0.500. The van der Waals surface area contributed by atoms with Crippen LogP contribution in [0.3, 0.4) is 0 Å². The first-order valence-corrected chi connectivity index (χ1v) is 7.11. The van der Waals surface area contributed by atoms with Gasteiger partial charge in [0, 0.05) is 0 Å². The third kappa shape index (κ3) is 2.59. The van der Waals surface area contributed by atoms with Crippen LogP contribution < -0.4 is 11.1 Å². The van der Waals surface area contributed by atoms with Crippen molar-refractivity contribution in [3.63, 3.8) is 0 Å². The average Bonchev–Trinajstić information content (AvgIpc) is 2.76. The van der Waals surface area contributed by atoms with Gasteiger partial charge in [0.25, 0.3) is 5.91 Å². The minimum absolute atomic E-state index is 0.203. The van der Waals surface area contributed by atoms with Gasteiger partial charge in [-0.2, -0.15) is 0 Å². The van der Waals surface area contributed by atoms with E-state index in [9.17, 15) is 4.79 Å². The zero-order valence-electron chi connectivity index (χ0n) is 9.87. The van der Waals surface area contributed by atoms with Gasteiger partial charge in [0.15, 0.2) is 4.67 Å². The number of nitrogens with two attached hydrogens (primary N) is 1. The highest BCUT2D eigenvalue weighted by molar-refractivity contribution is 9.10. The van der Waals surface area contributed by atoms with Crippen molar-refractivity contribution in [1.29, 1.82) is 0 Å². The van der Waals surface area contributed by atoms with E-state index in [1.54, 1.807) is 6.07 Å². The second kappa shape index (κ2) is 5.40. The van der Waals surface area contributed by atoms with Crippen LogP contribution in [0.15, 0.2) is 21.4 Å². The van der Waals surface area contributed by atoms with Gasteiger partial charge in [0.05, 0.1) is 22.4 Å². The molecule has 98 valence electrons. The summed E-state index contributed by atoms with van der Waals surface area (Å²) in [6, 6.07) is 1.62. The molecule has 1 aromatic heterocycles. The summed E-state index contributed by atoms with van der Waals surface area (Å²) in [4.78, 5) is 12.6. The third-order valence-electron chi connectivity index (χ3n) is 3.39. The van der Waals surface area contributed by atoms with Gasteiger partial charge in [-0.05, 0) is 34.8 Å². The Morgan fingerprint density at radius 1 is 1.44 bits per heavy atom. The molecule has 0 aromatic carbocycles. The zero-order chi connectivity index (χ0) is 13.2. The maximum Gasteiger partial charge on any atom is 0.256 e. The number of thiocarbonyl (C=S) groups is 1. The van der Waals surface area contributed by atoms with Crippen molar-refractivity contribution < 1.29 is 9.21 Å². The lowest BCUT2D eigenvalue weighted by Gasteiger charge is -2.37. The normalized spacial score (nSPS) is 18.3. The predicted octanol–water partition coefficient (Wildman–Crippen LogP) is 2.76. The van der Waals surface area contributed by atoms with Crippen molar-refractivity contribution in [2.45, 2.75) is 37.6 Å². The smallest absolute Gasteiger partial charge is 0.256 e. The molecule has 18 heavy (non-hydrogen) atoms. The molecule has 0 bridgehead atoms. The summed E-state index contributed by atoms with van der Waals surface area (Å²) < 4.78 is 5.48. The Labute approximate surface area is 119 Å². The SMILES string of the molecule is NC(=S)C1(NC(=O)c2ccoc2Br)CCCCC1. The number of hydrogen-bond donors (Lipinski definition) is 2. The molecular weight excluding hydrogens is 316 g/mol. The minimum Gasteiger partial charge on any atom is -0.457 e. The average molecular weight is 331 g/mol. The van der Waals surface area contributed by atoms with Crippen LogP contribution in [0.4, 0.5) is 0 Å². The lowest BCUT2D eigenvalue weighted by Crippen LogP contribution is -2.57. The molecule has 2 rings (SSSR count). The highest BCUT2D eigenvalue weighted by Crippen LogP contribution is 2.29. The highest BCUT2D eigenvalue weighted by atomic mass is 79.9. The quantitative estimate of drug-likeness (QED) is 0.836. The van der Waals surface area contributed by atoms with Gasteiger partial charge >= 0.3 is 0 Å². The molecule has 3 N–H and O–H groups in total. The molecule has 0 radical (unpaired) electrons. The number of hydrogen-bond acceptors (Lipinski definition) is 3. The van der Waals surface area contributed by atoms with Crippen molar-refractivity contribution >= 4 is 39.0 Å². The Hall–Kier alpha value is -0.880. The number of nitrogens with one attached hydrogen (secondary N) is 1. The standard InChI is InChI=1S/C12H15BrN2O2S/c13-9-8(4-7-17-9)10(16)15-12(11(14)18)5-2-1-3-6-12/h4,7H,1-3,5-6H2,(H2,14,18)(H,15,16). The molecule has 6 heteroatoms. The van der Waals surface area contributed by atoms with Gasteiger partial charge in [-0.15, -0.1) is 0 Å². The van der Waals surface area contributed by atoms with Gasteiger partial charge in [0.1, 0.15) is 0 Å². The van der Waals surface area contributed by atoms with E-state index in [2.05, 4.69) is 21.2 Å². The van der Waals surface area contributed by atoms with E-state index >= 15 is 0 Å². The molecule has 0 spiro atoms. The zero-order valence-corrected chi connectivity index (χ0v) is 12.3. The Balaban J connectivity index is 2.17. The number of carbonyl (C=O) groups excluding carboxylic acids is 1. The summed E-state index contributed by atoms with van der Waals surface area (Å²) in [7, 11) is 0. The van der Waals surface area contributed by atoms with E-state index in [-0.39, 0.29) is 5.91 Å². The highest BCUT2D eigenvalue weighted by Gasteiger charge is 2.37. The summed E-state index contributed by atoms with van der Waals surface area (Å²) >= 11 is 8.33. The first-order valence-electron chi connectivity index (χ1n) is 5.90. The monoisotopic (exact) mass is 330 g/mol. The summed E-state index contributed by atoms with van der Waals surface area (Å²) in [5.41, 5.74) is 5.75. The van der Waals surface area contributed by atoms with Crippen LogP contribution in [0.5, 0.6) is 0 Å². The van der Waals surface area contributed by atoms with Crippen molar-refractivity contribution in [1.82, 2.24) is 5.32 Å². The first-order chi connectivity index (χ1) is 8.55. The Morgan fingerprint density at radius 2 is 2.11 bits per heavy atom. The lowest BCUT2D eigenvalue weighted by atomic mass is 9.81. The summed E-state index contributed by atoms with van der Waals surface area (Å²) in [5.74, 6) is -0.203. The van der Waals surface area contributed by atoms with Crippen LogP contribution in [0.2, 0.25) is 0 Å². The summed E-state index contributed by atoms with van der Waals surface area (Å²) in [5, 5.41) is 2.98.